The third-order valence-electron chi connectivity index (χ3n) is 4.84. The number of aromatic nitrogens is 2. The molecule has 3 rings (SSSR count). The van der Waals surface area contributed by atoms with E-state index in [4.69, 9.17) is 4.74 Å². The second kappa shape index (κ2) is 9.72. The number of ether oxygens (including phenoxy) is 1. The highest BCUT2D eigenvalue weighted by atomic mass is 32.2. The van der Waals surface area contributed by atoms with Gasteiger partial charge in [0.25, 0.3) is 0 Å². The number of carboxylic acids is 1. The lowest BCUT2D eigenvalue weighted by molar-refractivity contribution is -0.139. The van der Waals surface area contributed by atoms with Gasteiger partial charge in [0.2, 0.25) is 0 Å². The zero-order valence-electron chi connectivity index (χ0n) is 18.5. The van der Waals surface area contributed by atoms with E-state index in [0.717, 1.165) is 29.1 Å². The predicted octanol–water partition coefficient (Wildman–Crippen LogP) is 6.42. The summed E-state index contributed by atoms with van der Waals surface area (Å²) in [5.74, 6) is -0.184. The summed E-state index contributed by atoms with van der Waals surface area (Å²) in [5, 5.41) is 11.1. The number of rotatable bonds is 8. The molecule has 0 radical (unpaired) electrons. The molecule has 0 amide bonds. The highest BCUT2D eigenvalue weighted by Gasteiger charge is 2.31. The quantitative estimate of drug-likeness (QED) is 0.363. The Labute approximate surface area is 198 Å². The molecular weight excluding hydrogens is 473 g/mol. The maximum absolute atomic E-state index is 12.8. The zero-order chi connectivity index (χ0) is 24.4. The van der Waals surface area contributed by atoms with Gasteiger partial charge < -0.3 is 9.84 Å². The van der Waals surface area contributed by atoms with E-state index in [-0.39, 0.29) is 0 Å². The smallest absolute Gasteiger partial charge is 0.417 e. The van der Waals surface area contributed by atoms with Gasteiger partial charge in [0, 0.05) is 23.6 Å². The molecule has 0 saturated carbocycles. The molecule has 0 bridgehead atoms. The van der Waals surface area contributed by atoms with Crippen LogP contribution in [-0.4, -0.2) is 32.4 Å². The monoisotopic (exact) mass is 496 g/mol. The van der Waals surface area contributed by atoms with Gasteiger partial charge in [-0.1, -0.05) is 11.8 Å². The molecule has 0 aliphatic rings. The minimum atomic E-state index is -4.42. The third kappa shape index (κ3) is 6.26. The number of pyridine rings is 1. The highest BCUT2D eigenvalue weighted by Crippen LogP contribution is 2.35. The van der Waals surface area contributed by atoms with Crippen molar-refractivity contribution in [2.75, 3.05) is 6.61 Å². The van der Waals surface area contributed by atoms with Gasteiger partial charge >= 0.3 is 12.1 Å². The summed E-state index contributed by atoms with van der Waals surface area (Å²) in [5.41, 5.74) is 2.92. The number of thioether (sulfide) groups is 1. The fraction of sp³-hybridized carbons (Fsp3) is 0.348. The number of halogens is 3. The van der Waals surface area contributed by atoms with Crippen molar-refractivity contribution in [2.24, 2.45) is 0 Å². The standard InChI is InChI=1S/C23H23F3N2O3S2/c1-13-9-15(18-6-5-16(11-27-18)23(24,25)26)10-14(2)19(13)31-8-7-17-12-32-21(28-17)33-22(3,4)20(29)30/h5-6,9-12H,7-8H2,1-4H3,(H,29,30). The second-order valence-corrected chi connectivity index (χ2v) is 10.7. The third-order valence-corrected chi connectivity index (χ3v) is 7.01. The maximum Gasteiger partial charge on any atom is 0.417 e. The van der Waals surface area contributed by atoms with E-state index in [1.165, 1.54) is 29.2 Å². The van der Waals surface area contributed by atoms with Crippen molar-refractivity contribution in [1.82, 2.24) is 9.97 Å². The Bertz CT molecular complexity index is 1120. The molecule has 0 atom stereocenters. The van der Waals surface area contributed by atoms with Crippen molar-refractivity contribution in [3.05, 3.63) is 58.2 Å². The first-order valence-electron chi connectivity index (χ1n) is 10.0. The van der Waals surface area contributed by atoms with Crippen LogP contribution >= 0.6 is 23.1 Å². The summed E-state index contributed by atoms with van der Waals surface area (Å²) in [4.78, 5) is 19.7. The van der Waals surface area contributed by atoms with E-state index in [1.807, 2.05) is 31.4 Å². The molecule has 10 heteroatoms. The van der Waals surface area contributed by atoms with Crippen LogP contribution < -0.4 is 4.74 Å². The number of thiazole rings is 1. The number of nitrogens with zero attached hydrogens (tertiary/aromatic N) is 2. The first-order valence-corrected chi connectivity index (χ1v) is 11.7. The normalized spacial score (nSPS) is 12.1. The molecule has 2 aromatic heterocycles. The molecule has 5 nitrogen and oxygen atoms in total. The van der Waals surface area contributed by atoms with Gasteiger partial charge in [-0.05, 0) is 63.1 Å². The molecular formula is C23H23F3N2O3S2. The Morgan fingerprint density at radius 2 is 1.85 bits per heavy atom. The van der Waals surface area contributed by atoms with Crippen LogP contribution in [0.1, 0.15) is 36.2 Å². The Hall–Kier alpha value is -2.59. The zero-order valence-corrected chi connectivity index (χ0v) is 20.1. The first kappa shape index (κ1) is 25.0. The van der Waals surface area contributed by atoms with Crippen molar-refractivity contribution in [3.63, 3.8) is 0 Å². The molecule has 3 aromatic rings. The summed E-state index contributed by atoms with van der Waals surface area (Å²) < 4.78 is 44.0. The van der Waals surface area contributed by atoms with Gasteiger partial charge in [-0.2, -0.15) is 13.2 Å². The molecule has 0 saturated heterocycles. The minimum Gasteiger partial charge on any atom is -0.493 e. The van der Waals surface area contributed by atoms with Gasteiger partial charge in [0.1, 0.15) is 10.5 Å². The van der Waals surface area contributed by atoms with Crippen LogP contribution in [0, 0.1) is 13.8 Å². The number of benzene rings is 1. The summed E-state index contributed by atoms with van der Waals surface area (Å²) in [6.07, 6.45) is -3.02. The molecule has 176 valence electrons. The van der Waals surface area contributed by atoms with E-state index in [9.17, 15) is 23.1 Å². The van der Waals surface area contributed by atoms with Gasteiger partial charge in [-0.3, -0.25) is 9.78 Å². The average molecular weight is 497 g/mol. The number of alkyl halides is 3. The van der Waals surface area contributed by atoms with E-state index < -0.39 is 22.5 Å². The largest absolute Gasteiger partial charge is 0.493 e. The van der Waals surface area contributed by atoms with Crippen molar-refractivity contribution in [3.8, 4) is 17.0 Å². The molecule has 33 heavy (non-hydrogen) atoms. The van der Waals surface area contributed by atoms with Crippen molar-refractivity contribution >= 4 is 29.1 Å². The highest BCUT2D eigenvalue weighted by molar-refractivity contribution is 8.02. The Morgan fingerprint density at radius 1 is 1.18 bits per heavy atom. The molecule has 0 aliphatic heterocycles. The van der Waals surface area contributed by atoms with Crippen LogP contribution in [0.25, 0.3) is 11.3 Å². The van der Waals surface area contributed by atoms with Crippen LogP contribution in [-0.2, 0) is 17.4 Å². The predicted molar refractivity (Wildman–Crippen MR) is 123 cm³/mol. The number of hydrogen-bond acceptors (Lipinski definition) is 6. The summed E-state index contributed by atoms with van der Waals surface area (Å²) in [6.45, 7) is 7.41. The Balaban J connectivity index is 1.64. The van der Waals surface area contributed by atoms with Crippen LogP contribution in [0.2, 0.25) is 0 Å². The van der Waals surface area contributed by atoms with Crippen LogP contribution in [0.3, 0.4) is 0 Å². The molecule has 1 N–H and O–H groups in total. The number of aryl methyl sites for hydroxylation is 2. The Morgan fingerprint density at radius 3 is 2.39 bits per heavy atom. The summed E-state index contributed by atoms with van der Waals surface area (Å²) >= 11 is 2.61. The summed E-state index contributed by atoms with van der Waals surface area (Å²) in [7, 11) is 0. The Kier molecular flexibility index (Phi) is 7.38. The fourth-order valence-electron chi connectivity index (χ4n) is 3.03. The number of hydrogen-bond donors (Lipinski definition) is 1. The first-order chi connectivity index (χ1) is 15.4. The molecule has 0 spiro atoms. The van der Waals surface area contributed by atoms with E-state index in [2.05, 4.69) is 9.97 Å². The lowest BCUT2D eigenvalue weighted by Gasteiger charge is -2.16. The molecule has 1 aromatic carbocycles. The van der Waals surface area contributed by atoms with Crippen molar-refractivity contribution < 1.29 is 27.8 Å². The number of carboxylic acid groups (broad SMARTS) is 1. The van der Waals surface area contributed by atoms with Gasteiger partial charge in [0.05, 0.1) is 23.6 Å². The summed E-state index contributed by atoms with van der Waals surface area (Å²) in [6, 6.07) is 6.06. The van der Waals surface area contributed by atoms with E-state index in [1.54, 1.807) is 13.8 Å². The SMILES string of the molecule is Cc1cc(-c2ccc(C(F)(F)F)cn2)cc(C)c1OCCc1csc(SC(C)(C)C(=O)O)n1. The van der Waals surface area contributed by atoms with E-state index in [0.29, 0.717) is 34.4 Å². The van der Waals surface area contributed by atoms with Crippen LogP contribution in [0.4, 0.5) is 13.2 Å². The van der Waals surface area contributed by atoms with Gasteiger partial charge in [-0.25, -0.2) is 4.98 Å². The minimum absolute atomic E-state index is 0.385. The number of carbonyl (C=O) groups is 1. The molecule has 0 aliphatic carbocycles. The molecule has 0 fully saturated rings. The van der Waals surface area contributed by atoms with Gasteiger partial charge in [0.15, 0.2) is 4.34 Å². The molecule has 0 unspecified atom stereocenters. The number of aliphatic carboxylic acids is 1. The van der Waals surface area contributed by atoms with Crippen molar-refractivity contribution in [1.29, 1.82) is 0 Å². The lowest BCUT2D eigenvalue weighted by atomic mass is 10.0. The fourth-order valence-corrected chi connectivity index (χ4v) is 5.25. The van der Waals surface area contributed by atoms with Crippen LogP contribution in [0.15, 0.2) is 40.2 Å². The van der Waals surface area contributed by atoms with E-state index >= 15 is 0 Å². The van der Waals surface area contributed by atoms with Gasteiger partial charge in [-0.15, -0.1) is 11.3 Å². The maximum atomic E-state index is 12.8. The van der Waals surface area contributed by atoms with Crippen LogP contribution in [0.5, 0.6) is 5.75 Å². The second-order valence-electron chi connectivity index (χ2n) is 7.99. The van der Waals surface area contributed by atoms with Crippen molar-refractivity contribution in [2.45, 2.75) is 49.4 Å². The topological polar surface area (TPSA) is 72.3 Å². The molecule has 2 heterocycles. The average Bonchev–Trinajstić information content (AvgIpc) is 3.15. The lowest BCUT2D eigenvalue weighted by Crippen LogP contribution is -2.26.